The molecule has 0 spiro atoms. The normalized spacial score (nSPS) is 13.1. The minimum Gasteiger partial charge on any atom is -0.486 e. The fraction of sp³-hybridized carbons (Fsp3) is 0.308. The molecule has 2 heterocycles. The second kappa shape index (κ2) is 7.73. The van der Waals surface area contributed by atoms with E-state index in [2.05, 4.69) is 26.1 Å². The van der Waals surface area contributed by atoms with E-state index in [0.717, 1.165) is 36.0 Å². The van der Waals surface area contributed by atoms with Gasteiger partial charge in [0.25, 0.3) is 0 Å². The first-order chi connectivity index (χ1) is 11.1. The van der Waals surface area contributed by atoms with Gasteiger partial charge in [-0.25, -0.2) is 0 Å². The number of benzene rings is 1. The van der Waals surface area contributed by atoms with Gasteiger partial charge in [-0.05, 0) is 17.7 Å². The summed E-state index contributed by atoms with van der Waals surface area (Å²) >= 11 is 7.90. The number of ether oxygens (including phenoxy) is 2. The molecule has 0 aliphatic carbocycles. The standard InChI is InChI=1S/C13H12BrN3O3S3/c14-8-4-10-9(19-1-2-20-10)3-7(8)5-21-12-16-17-13(23-12)22-6-11(15)18/h3-4H,1-2,5-6H2,(H2,15,18). The Hall–Kier alpha value is -0.970. The van der Waals surface area contributed by atoms with Crippen LogP contribution in [0.5, 0.6) is 11.5 Å². The molecule has 10 heteroatoms. The Bertz CT molecular complexity index is 726. The van der Waals surface area contributed by atoms with Crippen molar-refractivity contribution in [2.24, 2.45) is 5.73 Å². The number of primary amides is 1. The van der Waals surface area contributed by atoms with Crippen molar-refractivity contribution in [3.63, 3.8) is 0 Å². The molecule has 0 atom stereocenters. The molecule has 1 aromatic carbocycles. The van der Waals surface area contributed by atoms with E-state index < -0.39 is 0 Å². The van der Waals surface area contributed by atoms with E-state index >= 15 is 0 Å². The lowest BCUT2D eigenvalue weighted by atomic mass is 10.2. The van der Waals surface area contributed by atoms with Gasteiger partial charge >= 0.3 is 0 Å². The number of hydrogen-bond donors (Lipinski definition) is 1. The highest BCUT2D eigenvalue weighted by molar-refractivity contribution is 9.10. The van der Waals surface area contributed by atoms with Crippen molar-refractivity contribution in [3.05, 3.63) is 22.2 Å². The summed E-state index contributed by atoms with van der Waals surface area (Å²) in [5.74, 6) is 2.11. The quantitative estimate of drug-likeness (QED) is 0.700. The Labute approximate surface area is 153 Å². The van der Waals surface area contributed by atoms with Gasteiger partial charge in [0.15, 0.2) is 20.2 Å². The summed E-state index contributed by atoms with van der Waals surface area (Å²) in [4.78, 5) is 10.8. The zero-order valence-corrected chi connectivity index (χ0v) is 15.8. The van der Waals surface area contributed by atoms with Crippen LogP contribution in [-0.4, -0.2) is 35.1 Å². The van der Waals surface area contributed by atoms with Gasteiger partial charge in [0, 0.05) is 10.2 Å². The van der Waals surface area contributed by atoms with Gasteiger partial charge in [0.05, 0.1) is 5.75 Å². The molecule has 0 bridgehead atoms. The Morgan fingerprint density at radius 2 is 1.87 bits per heavy atom. The third kappa shape index (κ3) is 4.52. The third-order valence-corrected chi connectivity index (χ3v) is 6.79. The number of nitrogens with zero attached hydrogens (tertiary/aromatic N) is 2. The van der Waals surface area contributed by atoms with E-state index in [1.54, 1.807) is 11.8 Å². The third-order valence-electron chi connectivity index (χ3n) is 2.79. The Morgan fingerprint density at radius 1 is 1.22 bits per heavy atom. The molecule has 2 N–H and O–H groups in total. The zero-order chi connectivity index (χ0) is 16.2. The average molecular weight is 434 g/mol. The first-order valence-electron chi connectivity index (χ1n) is 6.57. The molecule has 23 heavy (non-hydrogen) atoms. The van der Waals surface area contributed by atoms with Crippen LogP contribution in [0.1, 0.15) is 5.56 Å². The molecule has 0 unspecified atom stereocenters. The Balaban J connectivity index is 1.63. The molecule has 0 saturated carbocycles. The van der Waals surface area contributed by atoms with E-state index in [1.807, 2.05) is 12.1 Å². The van der Waals surface area contributed by atoms with Gasteiger partial charge in [0.1, 0.15) is 13.2 Å². The maximum Gasteiger partial charge on any atom is 0.227 e. The van der Waals surface area contributed by atoms with Gasteiger partial charge < -0.3 is 15.2 Å². The lowest BCUT2D eigenvalue weighted by Crippen LogP contribution is -2.15. The second-order valence-electron chi connectivity index (χ2n) is 4.46. The van der Waals surface area contributed by atoms with E-state index in [-0.39, 0.29) is 11.7 Å². The SMILES string of the molecule is NC(=O)CSc1nnc(SCc2cc3c(cc2Br)OCCO3)s1. The molecule has 1 aliphatic rings. The molecule has 1 aromatic heterocycles. The van der Waals surface area contributed by atoms with Crippen LogP contribution < -0.4 is 15.2 Å². The number of halogens is 1. The van der Waals surface area contributed by atoms with Crippen molar-refractivity contribution in [2.45, 2.75) is 14.4 Å². The molecule has 0 saturated heterocycles. The van der Waals surface area contributed by atoms with Crippen molar-refractivity contribution >= 4 is 56.7 Å². The van der Waals surface area contributed by atoms with Crippen molar-refractivity contribution in [1.82, 2.24) is 10.2 Å². The van der Waals surface area contributed by atoms with Gasteiger partial charge in [-0.3, -0.25) is 4.79 Å². The predicted octanol–water partition coefficient (Wildman–Crippen LogP) is 2.94. The molecule has 3 rings (SSSR count). The number of carbonyl (C=O) groups excluding carboxylic acids is 1. The predicted molar refractivity (Wildman–Crippen MR) is 94.5 cm³/mol. The Kier molecular flexibility index (Phi) is 5.67. The van der Waals surface area contributed by atoms with Crippen molar-refractivity contribution < 1.29 is 14.3 Å². The van der Waals surface area contributed by atoms with Gasteiger partial charge in [0.2, 0.25) is 5.91 Å². The highest BCUT2D eigenvalue weighted by Gasteiger charge is 2.15. The average Bonchev–Trinajstić information content (AvgIpc) is 2.99. The summed E-state index contributed by atoms with van der Waals surface area (Å²) in [5, 5.41) is 8.15. The van der Waals surface area contributed by atoms with Crippen LogP contribution in [0, 0.1) is 0 Å². The lowest BCUT2D eigenvalue weighted by Gasteiger charge is -2.19. The molecule has 122 valence electrons. The number of amides is 1. The van der Waals surface area contributed by atoms with Crippen LogP contribution in [0.25, 0.3) is 0 Å². The topological polar surface area (TPSA) is 87.3 Å². The summed E-state index contributed by atoms with van der Waals surface area (Å²) in [6.45, 7) is 1.14. The summed E-state index contributed by atoms with van der Waals surface area (Å²) in [6, 6.07) is 3.91. The fourth-order valence-corrected chi connectivity index (χ4v) is 5.20. The summed E-state index contributed by atoms with van der Waals surface area (Å²) in [6.07, 6.45) is 0. The first kappa shape index (κ1) is 16.9. The zero-order valence-electron chi connectivity index (χ0n) is 11.8. The molecule has 1 aliphatic heterocycles. The van der Waals surface area contributed by atoms with Crippen LogP contribution in [0.3, 0.4) is 0 Å². The number of nitrogens with two attached hydrogens (primary N) is 1. The number of hydrogen-bond acceptors (Lipinski definition) is 8. The van der Waals surface area contributed by atoms with Gasteiger partial charge in [-0.1, -0.05) is 50.8 Å². The van der Waals surface area contributed by atoms with Gasteiger partial charge in [-0.2, -0.15) is 0 Å². The molecule has 1 amide bonds. The van der Waals surface area contributed by atoms with E-state index in [4.69, 9.17) is 15.2 Å². The molecular weight excluding hydrogens is 422 g/mol. The summed E-state index contributed by atoms with van der Waals surface area (Å²) in [7, 11) is 0. The summed E-state index contributed by atoms with van der Waals surface area (Å²) in [5.41, 5.74) is 6.22. The number of rotatable bonds is 6. The maximum absolute atomic E-state index is 10.8. The largest absolute Gasteiger partial charge is 0.486 e. The van der Waals surface area contributed by atoms with E-state index in [1.165, 1.54) is 23.1 Å². The van der Waals surface area contributed by atoms with Crippen LogP contribution in [0.15, 0.2) is 25.3 Å². The van der Waals surface area contributed by atoms with Crippen molar-refractivity contribution in [2.75, 3.05) is 19.0 Å². The van der Waals surface area contributed by atoms with Crippen molar-refractivity contribution in [3.8, 4) is 11.5 Å². The first-order valence-corrected chi connectivity index (χ1v) is 10.2. The molecular formula is C13H12BrN3O3S3. The smallest absolute Gasteiger partial charge is 0.227 e. The van der Waals surface area contributed by atoms with Crippen LogP contribution in [0.2, 0.25) is 0 Å². The molecule has 6 nitrogen and oxygen atoms in total. The lowest BCUT2D eigenvalue weighted by molar-refractivity contribution is -0.115. The van der Waals surface area contributed by atoms with E-state index in [9.17, 15) is 4.79 Å². The maximum atomic E-state index is 10.8. The molecule has 0 radical (unpaired) electrons. The molecule has 0 fully saturated rings. The number of thioether (sulfide) groups is 2. The number of aromatic nitrogens is 2. The minimum absolute atomic E-state index is 0.215. The molecule has 2 aromatic rings. The number of carbonyl (C=O) groups is 1. The van der Waals surface area contributed by atoms with E-state index in [0.29, 0.717) is 13.2 Å². The van der Waals surface area contributed by atoms with Crippen molar-refractivity contribution in [1.29, 1.82) is 0 Å². The highest BCUT2D eigenvalue weighted by Crippen LogP contribution is 2.38. The second-order valence-corrected chi connectivity index (χ2v) is 8.74. The van der Waals surface area contributed by atoms with Crippen LogP contribution in [-0.2, 0) is 10.5 Å². The summed E-state index contributed by atoms with van der Waals surface area (Å²) < 4.78 is 13.7. The Morgan fingerprint density at radius 3 is 2.57 bits per heavy atom. The fourth-order valence-electron chi connectivity index (χ4n) is 1.80. The van der Waals surface area contributed by atoms with Crippen LogP contribution in [0.4, 0.5) is 0 Å². The van der Waals surface area contributed by atoms with Crippen LogP contribution >= 0.6 is 50.8 Å². The minimum atomic E-state index is -0.361. The monoisotopic (exact) mass is 433 g/mol. The highest BCUT2D eigenvalue weighted by atomic mass is 79.9. The van der Waals surface area contributed by atoms with Gasteiger partial charge in [-0.15, -0.1) is 10.2 Å². The number of fused-ring (bicyclic) bond motifs is 1.